The van der Waals surface area contributed by atoms with E-state index in [1.165, 1.54) is 6.08 Å². The van der Waals surface area contributed by atoms with Gasteiger partial charge in [0.2, 0.25) is 5.91 Å². The van der Waals surface area contributed by atoms with Crippen molar-refractivity contribution in [1.82, 2.24) is 0 Å². The first kappa shape index (κ1) is 21.8. The van der Waals surface area contributed by atoms with E-state index in [2.05, 4.69) is 5.32 Å². The third kappa shape index (κ3) is 5.56. The van der Waals surface area contributed by atoms with Gasteiger partial charge in [-0.1, -0.05) is 53.5 Å². The highest BCUT2D eigenvalue weighted by atomic mass is 35.5. The van der Waals surface area contributed by atoms with Crippen LogP contribution in [-0.2, 0) is 11.4 Å². The molecule has 0 saturated carbocycles. The van der Waals surface area contributed by atoms with Crippen LogP contribution in [-0.4, -0.2) is 13.0 Å². The lowest BCUT2D eigenvalue weighted by Crippen LogP contribution is -2.08. The molecule has 0 unspecified atom stereocenters. The van der Waals surface area contributed by atoms with E-state index in [-0.39, 0.29) is 12.5 Å². The van der Waals surface area contributed by atoms with Crippen molar-refractivity contribution in [3.63, 3.8) is 0 Å². The highest BCUT2D eigenvalue weighted by Gasteiger charge is 2.10. The van der Waals surface area contributed by atoms with Gasteiger partial charge in [0.1, 0.15) is 6.61 Å². The van der Waals surface area contributed by atoms with Gasteiger partial charge in [-0.05, 0) is 54.5 Å². The minimum absolute atomic E-state index is 0.211. The van der Waals surface area contributed by atoms with Crippen molar-refractivity contribution in [2.75, 3.05) is 12.4 Å². The summed E-state index contributed by atoms with van der Waals surface area (Å²) in [6.45, 7) is 2.15. The molecular formula is C24H21Cl2NO3. The van der Waals surface area contributed by atoms with E-state index in [1.54, 1.807) is 43.5 Å². The number of amides is 1. The zero-order chi connectivity index (χ0) is 21.5. The number of carbonyl (C=O) groups excluding carboxylic acids is 1. The number of hydrogen-bond acceptors (Lipinski definition) is 3. The number of rotatable bonds is 7. The van der Waals surface area contributed by atoms with Crippen LogP contribution in [0.5, 0.6) is 11.5 Å². The first-order valence-electron chi connectivity index (χ1n) is 9.26. The lowest BCUT2D eigenvalue weighted by molar-refractivity contribution is -0.111. The minimum Gasteiger partial charge on any atom is -0.493 e. The molecule has 30 heavy (non-hydrogen) atoms. The zero-order valence-corrected chi connectivity index (χ0v) is 18.1. The topological polar surface area (TPSA) is 47.6 Å². The second kappa shape index (κ2) is 10.2. The molecular weight excluding hydrogens is 421 g/mol. The normalized spacial score (nSPS) is 10.8. The molecule has 0 aliphatic carbocycles. The molecule has 3 aromatic rings. The maximum absolute atomic E-state index is 12.2. The van der Waals surface area contributed by atoms with Crippen molar-refractivity contribution in [2.45, 2.75) is 13.5 Å². The van der Waals surface area contributed by atoms with Crippen LogP contribution in [0.1, 0.15) is 16.7 Å². The molecule has 6 heteroatoms. The first-order valence-corrected chi connectivity index (χ1v) is 10.0. The molecule has 0 spiro atoms. The third-order valence-electron chi connectivity index (χ3n) is 4.45. The van der Waals surface area contributed by atoms with Gasteiger partial charge in [-0.3, -0.25) is 4.79 Å². The summed E-state index contributed by atoms with van der Waals surface area (Å²) in [5.74, 6) is 0.881. The average molecular weight is 442 g/mol. The predicted octanol–water partition coefficient (Wildman–Crippen LogP) is 6.54. The van der Waals surface area contributed by atoms with E-state index >= 15 is 0 Å². The van der Waals surface area contributed by atoms with Crippen LogP contribution in [0.3, 0.4) is 0 Å². The van der Waals surface area contributed by atoms with Gasteiger partial charge in [-0.15, -0.1) is 0 Å². The van der Waals surface area contributed by atoms with Gasteiger partial charge in [0, 0.05) is 27.4 Å². The molecule has 0 aromatic heterocycles. The van der Waals surface area contributed by atoms with Crippen molar-refractivity contribution < 1.29 is 14.3 Å². The quantitative estimate of drug-likeness (QED) is 0.423. The van der Waals surface area contributed by atoms with Crippen LogP contribution in [0.25, 0.3) is 6.08 Å². The average Bonchev–Trinajstić information content (AvgIpc) is 2.74. The van der Waals surface area contributed by atoms with Gasteiger partial charge >= 0.3 is 0 Å². The number of aryl methyl sites for hydroxylation is 1. The Labute approximate surface area is 186 Å². The number of para-hydroxylation sites is 1. The second-order valence-corrected chi connectivity index (χ2v) is 7.35. The molecule has 0 aliphatic rings. The van der Waals surface area contributed by atoms with E-state index in [1.807, 2.05) is 37.3 Å². The molecule has 0 atom stereocenters. The van der Waals surface area contributed by atoms with E-state index in [0.717, 1.165) is 16.8 Å². The summed E-state index contributed by atoms with van der Waals surface area (Å²) in [6.07, 6.45) is 3.19. The smallest absolute Gasteiger partial charge is 0.248 e. The largest absolute Gasteiger partial charge is 0.493 e. The Bertz CT molecular complexity index is 1060. The molecule has 3 rings (SSSR count). The molecule has 1 amide bonds. The lowest BCUT2D eigenvalue weighted by Gasteiger charge is -2.13. The van der Waals surface area contributed by atoms with E-state index in [4.69, 9.17) is 32.7 Å². The summed E-state index contributed by atoms with van der Waals surface area (Å²) in [5.41, 5.74) is 3.29. The van der Waals surface area contributed by atoms with Crippen molar-refractivity contribution in [2.24, 2.45) is 0 Å². The Morgan fingerprint density at radius 2 is 1.73 bits per heavy atom. The minimum atomic E-state index is -0.211. The lowest BCUT2D eigenvalue weighted by atomic mass is 10.1. The summed E-state index contributed by atoms with van der Waals surface area (Å²) in [4.78, 5) is 12.2. The predicted molar refractivity (Wildman–Crippen MR) is 123 cm³/mol. The molecule has 0 fully saturated rings. The van der Waals surface area contributed by atoms with Gasteiger partial charge in [0.05, 0.1) is 7.11 Å². The second-order valence-electron chi connectivity index (χ2n) is 6.54. The third-order valence-corrected chi connectivity index (χ3v) is 5.16. The maximum atomic E-state index is 12.2. The summed E-state index contributed by atoms with van der Waals surface area (Å²) < 4.78 is 11.3. The zero-order valence-electron chi connectivity index (χ0n) is 16.6. The summed E-state index contributed by atoms with van der Waals surface area (Å²) >= 11 is 12.4. The Kier molecular flexibility index (Phi) is 7.39. The fourth-order valence-corrected chi connectivity index (χ4v) is 3.29. The standard InChI is InChI=1S/C24H21Cl2NO3/c1-16-6-3-4-9-21(16)27-24(28)13-11-17-10-12-22(23(14-17)29-2)30-15-18-19(25)7-5-8-20(18)26/h3-14H,15H2,1-2H3,(H,27,28). The fraction of sp³-hybridized carbons (Fsp3) is 0.125. The van der Waals surface area contributed by atoms with Crippen molar-refractivity contribution in [1.29, 1.82) is 0 Å². The van der Waals surface area contributed by atoms with Gasteiger partial charge in [0.25, 0.3) is 0 Å². The van der Waals surface area contributed by atoms with Gasteiger partial charge in [-0.25, -0.2) is 0 Å². The van der Waals surface area contributed by atoms with Gasteiger partial charge in [0.15, 0.2) is 11.5 Å². The molecule has 1 N–H and O–H groups in total. The molecule has 0 bridgehead atoms. The summed E-state index contributed by atoms with van der Waals surface area (Å²) in [5, 5.41) is 3.95. The summed E-state index contributed by atoms with van der Waals surface area (Å²) in [6, 6.07) is 18.3. The van der Waals surface area contributed by atoms with Crippen molar-refractivity contribution in [3.8, 4) is 11.5 Å². The Morgan fingerprint density at radius 1 is 1.00 bits per heavy atom. The molecule has 0 saturated heterocycles. The van der Waals surface area contributed by atoms with Crippen LogP contribution < -0.4 is 14.8 Å². The van der Waals surface area contributed by atoms with E-state index < -0.39 is 0 Å². The van der Waals surface area contributed by atoms with Gasteiger partial charge < -0.3 is 14.8 Å². The Morgan fingerprint density at radius 3 is 2.43 bits per heavy atom. The van der Waals surface area contributed by atoms with Crippen LogP contribution in [0, 0.1) is 6.92 Å². The van der Waals surface area contributed by atoms with E-state index in [9.17, 15) is 4.79 Å². The monoisotopic (exact) mass is 441 g/mol. The Hall–Kier alpha value is -2.95. The van der Waals surface area contributed by atoms with Crippen LogP contribution >= 0.6 is 23.2 Å². The highest BCUT2D eigenvalue weighted by Crippen LogP contribution is 2.31. The number of benzene rings is 3. The maximum Gasteiger partial charge on any atom is 0.248 e. The molecule has 0 heterocycles. The highest BCUT2D eigenvalue weighted by molar-refractivity contribution is 6.35. The molecule has 3 aromatic carbocycles. The number of halogens is 2. The number of hydrogen-bond donors (Lipinski definition) is 1. The van der Waals surface area contributed by atoms with Crippen LogP contribution in [0.4, 0.5) is 5.69 Å². The van der Waals surface area contributed by atoms with Crippen LogP contribution in [0.15, 0.2) is 66.7 Å². The Balaban J connectivity index is 1.68. The number of anilines is 1. The molecule has 4 nitrogen and oxygen atoms in total. The first-order chi connectivity index (χ1) is 14.5. The summed E-state index contributed by atoms with van der Waals surface area (Å²) in [7, 11) is 1.56. The van der Waals surface area contributed by atoms with Crippen LogP contribution in [0.2, 0.25) is 10.0 Å². The molecule has 154 valence electrons. The number of ether oxygens (including phenoxy) is 2. The number of carbonyl (C=O) groups is 1. The molecule has 0 aliphatic heterocycles. The van der Waals surface area contributed by atoms with Gasteiger partial charge in [-0.2, -0.15) is 0 Å². The number of nitrogens with one attached hydrogen (secondary N) is 1. The van der Waals surface area contributed by atoms with E-state index in [0.29, 0.717) is 27.1 Å². The fourth-order valence-electron chi connectivity index (χ4n) is 2.79. The number of methoxy groups -OCH3 is 1. The SMILES string of the molecule is COc1cc(C=CC(=O)Nc2ccccc2C)ccc1OCc1c(Cl)cccc1Cl. The van der Waals surface area contributed by atoms with Crippen molar-refractivity contribution in [3.05, 3.63) is 93.5 Å². The molecule has 0 radical (unpaired) electrons. The van der Waals surface area contributed by atoms with Crippen molar-refractivity contribution >= 4 is 40.9 Å².